The summed E-state index contributed by atoms with van der Waals surface area (Å²) in [4.78, 5) is 14.8. The first-order chi connectivity index (χ1) is 9.74. The van der Waals surface area contributed by atoms with Gasteiger partial charge in [-0.05, 0) is 17.7 Å². The number of hydrogen-bond acceptors (Lipinski definition) is 5. The lowest BCUT2D eigenvalue weighted by molar-refractivity contribution is 0.111. The van der Waals surface area contributed by atoms with E-state index in [1.165, 1.54) is 0 Å². The predicted molar refractivity (Wildman–Crippen MR) is 74.4 cm³/mol. The summed E-state index contributed by atoms with van der Waals surface area (Å²) in [6.45, 7) is 0.102. The summed E-state index contributed by atoms with van der Waals surface area (Å²) in [6.07, 6.45) is 0.634. The number of carbonyl (C=O) groups is 1. The molecule has 104 valence electrons. The average molecular weight is 272 g/mol. The van der Waals surface area contributed by atoms with Crippen LogP contribution in [0.2, 0.25) is 0 Å². The third-order valence-electron chi connectivity index (χ3n) is 2.81. The van der Waals surface area contributed by atoms with Crippen molar-refractivity contribution in [3.05, 3.63) is 59.4 Å². The maximum atomic E-state index is 10.8. The van der Waals surface area contributed by atoms with Gasteiger partial charge in [-0.2, -0.15) is 0 Å². The Balaban J connectivity index is 2.20. The lowest BCUT2D eigenvalue weighted by Crippen LogP contribution is -2.18. The molecule has 0 aliphatic rings. The van der Waals surface area contributed by atoms with Crippen molar-refractivity contribution in [1.82, 2.24) is 4.98 Å². The fraction of sp³-hybridized carbons (Fsp3) is 0.200. The van der Waals surface area contributed by atoms with Crippen molar-refractivity contribution in [2.75, 3.05) is 6.61 Å². The number of nitrogens with two attached hydrogens (primary N) is 1. The van der Waals surface area contributed by atoms with E-state index in [0.29, 0.717) is 24.3 Å². The SMILES string of the molecule is N[C@H](CO)c1nc(C=O)ccc1OCc1ccccc1. The van der Waals surface area contributed by atoms with E-state index in [1.807, 2.05) is 30.3 Å². The number of hydrogen-bond donors (Lipinski definition) is 2. The van der Waals surface area contributed by atoms with E-state index in [0.717, 1.165) is 5.56 Å². The molecular weight excluding hydrogens is 256 g/mol. The Hall–Kier alpha value is -2.24. The highest BCUT2D eigenvalue weighted by atomic mass is 16.5. The molecule has 3 N–H and O–H groups in total. The Labute approximate surface area is 117 Å². The van der Waals surface area contributed by atoms with Crippen LogP contribution in [0.25, 0.3) is 0 Å². The Kier molecular flexibility index (Phi) is 4.81. The molecule has 0 unspecified atom stereocenters. The smallest absolute Gasteiger partial charge is 0.168 e. The van der Waals surface area contributed by atoms with Gasteiger partial charge in [0, 0.05) is 0 Å². The van der Waals surface area contributed by atoms with Gasteiger partial charge in [0.15, 0.2) is 6.29 Å². The average Bonchev–Trinajstić information content (AvgIpc) is 2.53. The lowest BCUT2D eigenvalue weighted by Gasteiger charge is -2.14. The number of ether oxygens (including phenoxy) is 1. The predicted octanol–water partition coefficient (Wildman–Crippen LogP) is 1.47. The van der Waals surface area contributed by atoms with Gasteiger partial charge in [-0.1, -0.05) is 30.3 Å². The van der Waals surface area contributed by atoms with Gasteiger partial charge < -0.3 is 15.6 Å². The van der Waals surface area contributed by atoms with Crippen LogP contribution in [0.3, 0.4) is 0 Å². The maximum absolute atomic E-state index is 10.8. The summed E-state index contributed by atoms with van der Waals surface area (Å²) in [6, 6.07) is 12.2. The highest BCUT2D eigenvalue weighted by Crippen LogP contribution is 2.23. The normalized spacial score (nSPS) is 11.9. The maximum Gasteiger partial charge on any atom is 0.168 e. The highest BCUT2D eigenvalue weighted by Gasteiger charge is 2.14. The fourth-order valence-electron chi connectivity index (χ4n) is 1.75. The lowest BCUT2D eigenvalue weighted by atomic mass is 10.1. The van der Waals surface area contributed by atoms with Gasteiger partial charge in [-0.15, -0.1) is 0 Å². The summed E-state index contributed by atoms with van der Waals surface area (Å²) in [5, 5.41) is 9.15. The van der Waals surface area contributed by atoms with E-state index < -0.39 is 6.04 Å². The molecule has 0 aliphatic heterocycles. The molecule has 1 heterocycles. The molecule has 20 heavy (non-hydrogen) atoms. The molecule has 5 heteroatoms. The van der Waals surface area contributed by atoms with E-state index in [9.17, 15) is 4.79 Å². The van der Waals surface area contributed by atoms with Crippen LogP contribution in [0.1, 0.15) is 27.8 Å². The van der Waals surface area contributed by atoms with Crippen LogP contribution in [-0.2, 0) is 6.61 Å². The molecule has 0 fully saturated rings. The fourth-order valence-corrected chi connectivity index (χ4v) is 1.75. The summed E-state index contributed by atoms with van der Waals surface area (Å²) in [5.74, 6) is 0.473. The second-order valence-corrected chi connectivity index (χ2v) is 4.30. The zero-order valence-corrected chi connectivity index (χ0v) is 10.9. The molecule has 1 atom stereocenters. The number of pyridine rings is 1. The number of nitrogens with zero attached hydrogens (tertiary/aromatic N) is 1. The Morgan fingerprint density at radius 3 is 2.65 bits per heavy atom. The van der Waals surface area contributed by atoms with E-state index in [1.54, 1.807) is 12.1 Å². The summed E-state index contributed by atoms with van der Waals surface area (Å²) < 4.78 is 5.68. The minimum absolute atomic E-state index is 0.260. The Morgan fingerprint density at radius 1 is 1.25 bits per heavy atom. The van der Waals surface area contributed by atoms with Gasteiger partial charge >= 0.3 is 0 Å². The second kappa shape index (κ2) is 6.79. The van der Waals surface area contributed by atoms with Gasteiger partial charge in [0.1, 0.15) is 23.7 Å². The molecule has 0 aliphatic carbocycles. The molecule has 2 rings (SSSR count). The molecule has 0 saturated heterocycles. The van der Waals surface area contributed by atoms with Crippen molar-refractivity contribution in [2.45, 2.75) is 12.6 Å². The van der Waals surface area contributed by atoms with E-state index in [-0.39, 0.29) is 12.3 Å². The molecular formula is C15H16N2O3. The van der Waals surface area contributed by atoms with Crippen LogP contribution in [0.15, 0.2) is 42.5 Å². The van der Waals surface area contributed by atoms with Gasteiger partial charge in [-0.25, -0.2) is 4.98 Å². The Bertz CT molecular complexity index is 573. The summed E-state index contributed by atoms with van der Waals surface area (Å²) in [7, 11) is 0. The van der Waals surface area contributed by atoms with Crippen molar-refractivity contribution >= 4 is 6.29 Å². The van der Waals surface area contributed by atoms with Crippen molar-refractivity contribution in [2.24, 2.45) is 5.73 Å². The van der Waals surface area contributed by atoms with E-state index in [4.69, 9.17) is 15.6 Å². The number of rotatable bonds is 6. The Morgan fingerprint density at radius 2 is 2.00 bits per heavy atom. The van der Waals surface area contributed by atoms with Crippen LogP contribution >= 0.6 is 0 Å². The number of aldehydes is 1. The van der Waals surface area contributed by atoms with Gasteiger partial charge in [0.2, 0.25) is 0 Å². The first-order valence-electron chi connectivity index (χ1n) is 6.24. The first kappa shape index (κ1) is 14.2. The van der Waals surface area contributed by atoms with Gasteiger partial charge in [-0.3, -0.25) is 4.79 Å². The van der Waals surface area contributed by atoms with Crippen molar-refractivity contribution in [1.29, 1.82) is 0 Å². The largest absolute Gasteiger partial charge is 0.487 e. The molecule has 0 amide bonds. The monoisotopic (exact) mass is 272 g/mol. The molecule has 1 aromatic heterocycles. The van der Waals surface area contributed by atoms with Crippen LogP contribution in [0, 0.1) is 0 Å². The van der Waals surface area contributed by atoms with Crippen LogP contribution in [0.4, 0.5) is 0 Å². The van der Waals surface area contributed by atoms with Gasteiger partial charge in [0.25, 0.3) is 0 Å². The first-order valence-corrected chi connectivity index (χ1v) is 6.24. The molecule has 1 aromatic carbocycles. The van der Waals surface area contributed by atoms with Crippen LogP contribution in [0.5, 0.6) is 5.75 Å². The summed E-state index contributed by atoms with van der Waals surface area (Å²) >= 11 is 0. The number of aliphatic hydroxyl groups is 1. The zero-order chi connectivity index (χ0) is 14.4. The number of carbonyl (C=O) groups excluding carboxylic acids is 1. The molecule has 2 aromatic rings. The molecule has 0 radical (unpaired) electrons. The number of benzene rings is 1. The van der Waals surface area contributed by atoms with E-state index >= 15 is 0 Å². The third kappa shape index (κ3) is 3.40. The topological polar surface area (TPSA) is 85.4 Å². The van der Waals surface area contributed by atoms with Crippen molar-refractivity contribution in [3.63, 3.8) is 0 Å². The molecule has 5 nitrogen and oxygen atoms in total. The van der Waals surface area contributed by atoms with Crippen molar-refractivity contribution < 1.29 is 14.6 Å². The summed E-state index contributed by atoms with van der Waals surface area (Å²) in [5.41, 5.74) is 7.43. The van der Waals surface area contributed by atoms with Crippen LogP contribution in [-0.4, -0.2) is 23.0 Å². The molecule has 0 spiro atoms. The minimum atomic E-state index is -0.680. The minimum Gasteiger partial charge on any atom is -0.487 e. The van der Waals surface area contributed by atoms with E-state index in [2.05, 4.69) is 4.98 Å². The van der Waals surface area contributed by atoms with Crippen molar-refractivity contribution in [3.8, 4) is 5.75 Å². The third-order valence-corrected chi connectivity index (χ3v) is 2.81. The second-order valence-electron chi connectivity index (χ2n) is 4.30. The van der Waals surface area contributed by atoms with Crippen LogP contribution < -0.4 is 10.5 Å². The standard InChI is InChI=1S/C15H16N2O3/c16-13(9-19)15-14(7-6-12(8-18)17-15)20-10-11-4-2-1-3-5-11/h1-8,13,19H,9-10,16H2/t13-/m1/s1. The molecule has 0 saturated carbocycles. The zero-order valence-electron chi connectivity index (χ0n) is 10.9. The quantitative estimate of drug-likeness (QED) is 0.778. The van der Waals surface area contributed by atoms with Gasteiger partial charge in [0.05, 0.1) is 12.6 Å². The highest BCUT2D eigenvalue weighted by molar-refractivity contribution is 5.72. The molecule has 0 bridgehead atoms. The number of aromatic nitrogens is 1. The number of aliphatic hydroxyl groups excluding tert-OH is 1.